The van der Waals surface area contributed by atoms with Gasteiger partial charge in [-0.15, -0.1) is 0 Å². The van der Waals surface area contributed by atoms with Gasteiger partial charge in [0.05, 0.1) is 5.69 Å². The molecule has 28 heavy (non-hydrogen) atoms. The smallest absolute Gasteiger partial charge is 0.288 e. The van der Waals surface area contributed by atoms with Crippen LogP contribution in [0.5, 0.6) is 0 Å². The number of nitrogens with zero attached hydrogens (tertiary/aromatic N) is 5. The zero-order chi connectivity index (χ0) is 19.3. The highest BCUT2D eigenvalue weighted by Crippen LogP contribution is 2.41. The lowest BCUT2D eigenvalue weighted by molar-refractivity contribution is 0.567. The van der Waals surface area contributed by atoms with Gasteiger partial charge in [0.15, 0.2) is 0 Å². The highest BCUT2D eigenvalue weighted by Gasteiger charge is 2.34. The Morgan fingerprint density at radius 2 is 1.82 bits per heavy atom. The normalized spacial score (nSPS) is 14.9. The van der Waals surface area contributed by atoms with Crippen LogP contribution < -0.4 is 10.9 Å². The third-order valence-corrected chi connectivity index (χ3v) is 5.03. The molecule has 2 N–H and O–H groups in total. The Morgan fingerprint density at radius 1 is 1.07 bits per heavy atom. The van der Waals surface area contributed by atoms with E-state index in [0.29, 0.717) is 27.9 Å². The van der Waals surface area contributed by atoms with Crippen LogP contribution in [0, 0.1) is 6.92 Å². The average Bonchev–Trinajstić information content (AvgIpc) is 3.17. The minimum absolute atomic E-state index is 0.334. The van der Waals surface area contributed by atoms with Crippen molar-refractivity contribution in [1.82, 2.24) is 30.4 Å². The maximum atomic E-state index is 12.6. The van der Waals surface area contributed by atoms with Gasteiger partial charge >= 0.3 is 0 Å². The van der Waals surface area contributed by atoms with Crippen LogP contribution >= 0.6 is 11.6 Å². The van der Waals surface area contributed by atoms with Crippen LogP contribution in [-0.4, -0.2) is 30.4 Å². The summed E-state index contributed by atoms with van der Waals surface area (Å²) >= 11 is 6.07. The molecule has 1 aliphatic heterocycles. The monoisotopic (exact) mass is 391 g/mol. The fourth-order valence-corrected chi connectivity index (χ4v) is 3.55. The summed E-state index contributed by atoms with van der Waals surface area (Å²) in [4.78, 5) is 12.6. The number of aromatic nitrogens is 6. The van der Waals surface area contributed by atoms with Crippen LogP contribution in [0.4, 0.5) is 11.6 Å². The van der Waals surface area contributed by atoms with Gasteiger partial charge < -0.3 is 5.32 Å². The Kier molecular flexibility index (Phi) is 3.73. The molecule has 2 aromatic carbocycles. The summed E-state index contributed by atoms with van der Waals surface area (Å²) in [5.74, 6) is 0.388. The van der Waals surface area contributed by atoms with E-state index in [0.717, 1.165) is 16.7 Å². The third-order valence-electron chi connectivity index (χ3n) is 4.78. The van der Waals surface area contributed by atoms with Crippen molar-refractivity contribution in [3.05, 3.63) is 80.6 Å². The molecule has 0 fully saturated rings. The SMILES string of the molecule is Cc1ccc(-c2n[nH]c(=O)c3c2[C@@H](c2ccc(Cl)cc2)n2nnnc2N3)cc1. The van der Waals surface area contributed by atoms with Crippen molar-refractivity contribution in [2.75, 3.05) is 5.32 Å². The van der Waals surface area contributed by atoms with E-state index in [1.54, 1.807) is 16.8 Å². The second-order valence-electron chi connectivity index (χ2n) is 6.58. The second-order valence-corrected chi connectivity index (χ2v) is 7.02. The number of hydrogen-bond donors (Lipinski definition) is 2. The summed E-state index contributed by atoms with van der Waals surface area (Å²) in [7, 11) is 0. The maximum Gasteiger partial charge on any atom is 0.288 e. The first-order valence-corrected chi connectivity index (χ1v) is 8.99. The molecule has 0 saturated heterocycles. The van der Waals surface area contributed by atoms with Gasteiger partial charge in [0.1, 0.15) is 11.7 Å². The van der Waals surface area contributed by atoms with Gasteiger partial charge in [0.25, 0.3) is 5.56 Å². The molecule has 4 aromatic rings. The van der Waals surface area contributed by atoms with Gasteiger partial charge in [-0.25, -0.2) is 5.10 Å². The molecule has 1 aliphatic rings. The standard InChI is InChI=1S/C19H14ClN7O/c1-10-2-4-11(5-3-10)15-14-16(18(28)23-22-15)21-19-24-25-26-27(19)17(14)12-6-8-13(20)9-7-12/h2-9,17H,1H3,(H,23,28)(H,21,24,26)/t17-/m1/s1. The molecule has 5 rings (SSSR count). The first-order valence-electron chi connectivity index (χ1n) is 8.62. The maximum absolute atomic E-state index is 12.6. The van der Waals surface area contributed by atoms with Crippen molar-refractivity contribution in [2.45, 2.75) is 13.0 Å². The summed E-state index contributed by atoms with van der Waals surface area (Å²) in [6, 6.07) is 14.9. The Morgan fingerprint density at radius 3 is 2.57 bits per heavy atom. The molecule has 2 aromatic heterocycles. The van der Waals surface area contributed by atoms with E-state index in [9.17, 15) is 4.79 Å². The molecule has 138 valence electrons. The molecule has 0 aliphatic carbocycles. The fourth-order valence-electron chi connectivity index (χ4n) is 3.42. The van der Waals surface area contributed by atoms with Gasteiger partial charge in [-0.1, -0.05) is 58.7 Å². The Labute approximate surface area is 164 Å². The lowest BCUT2D eigenvalue weighted by Gasteiger charge is -2.27. The summed E-state index contributed by atoms with van der Waals surface area (Å²) < 4.78 is 1.64. The molecule has 0 radical (unpaired) electrons. The minimum atomic E-state index is -0.426. The average molecular weight is 392 g/mol. The zero-order valence-electron chi connectivity index (χ0n) is 14.7. The van der Waals surface area contributed by atoms with Gasteiger partial charge in [-0.05, 0) is 35.0 Å². The van der Waals surface area contributed by atoms with Gasteiger partial charge in [-0.3, -0.25) is 4.79 Å². The second kappa shape index (κ2) is 6.28. The largest absolute Gasteiger partial charge is 0.318 e. The van der Waals surface area contributed by atoms with Crippen LogP contribution in [0.2, 0.25) is 5.02 Å². The molecule has 1 atom stereocenters. The Bertz CT molecular complexity index is 1230. The third kappa shape index (κ3) is 2.57. The number of aryl methyl sites for hydroxylation is 1. The first-order chi connectivity index (χ1) is 13.6. The summed E-state index contributed by atoms with van der Waals surface area (Å²) in [5.41, 5.74) is 4.32. The summed E-state index contributed by atoms with van der Waals surface area (Å²) in [6.07, 6.45) is 0. The van der Waals surface area contributed by atoms with E-state index in [2.05, 4.69) is 31.0 Å². The number of halogens is 1. The van der Waals surface area contributed by atoms with E-state index < -0.39 is 6.04 Å². The highest BCUT2D eigenvalue weighted by atomic mass is 35.5. The summed E-state index contributed by atoms with van der Waals surface area (Å²) in [6.45, 7) is 2.02. The number of tetrazole rings is 1. The molecule has 0 bridgehead atoms. The number of rotatable bonds is 2. The van der Waals surface area contributed by atoms with Crippen molar-refractivity contribution in [3.8, 4) is 11.3 Å². The molecule has 0 unspecified atom stereocenters. The number of nitrogens with one attached hydrogen (secondary N) is 2. The van der Waals surface area contributed by atoms with Crippen molar-refractivity contribution >= 4 is 23.2 Å². The van der Waals surface area contributed by atoms with Crippen LogP contribution in [-0.2, 0) is 0 Å². The summed E-state index contributed by atoms with van der Waals surface area (Å²) in [5, 5.41) is 22.5. The predicted octanol–water partition coefficient (Wildman–Crippen LogP) is 3.08. The van der Waals surface area contributed by atoms with Crippen molar-refractivity contribution in [3.63, 3.8) is 0 Å². The van der Waals surface area contributed by atoms with E-state index in [-0.39, 0.29) is 5.56 Å². The number of benzene rings is 2. The topological polar surface area (TPSA) is 101 Å². The predicted molar refractivity (Wildman–Crippen MR) is 105 cm³/mol. The molecule has 9 heteroatoms. The Hall–Kier alpha value is -3.52. The number of hydrogen-bond acceptors (Lipinski definition) is 6. The van der Waals surface area contributed by atoms with Gasteiger partial charge in [0, 0.05) is 16.1 Å². The lowest BCUT2D eigenvalue weighted by Crippen LogP contribution is -2.29. The molecule has 0 amide bonds. The van der Waals surface area contributed by atoms with Crippen molar-refractivity contribution < 1.29 is 0 Å². The van der Waals surface area contributed by atoms with Crippen LogP contribution in [0.15, 0.2) is 53.3 Å². The van der Waals surface area contributed by atoms with Gasteiger partial charge in [0.2, 0.25) is 5.95 Å². The van der Waals surface area contributed by atoms with E-state index in [1.807, 2.05) is 43.3 Å². The molecular formula is C19H14ClN7O. The minimum Gasteiger partial charge on any atom is -0.318 e. The van der Waals surface area contributed by atoms with Crippen LogP contribution in [0.1, 0.15) is 22.7 Å². The zero-order valence-corrected chi connectivity index (χ0v) is 15.5. The molecule has 0 saturated carbocycles. The quantitative estimate of drug-likeness (QED) is 0.479. The van der Waals surface area contributed by atoms with Crippen molar-refractivity contribution in [2.24, 2.45) is 0 Å². The van der Waals surface area contributed by atoms with Crippen LogP contribution in [0.25, 0.3) is 11.3 Å². The molecule has 8 nitrogen and oxygen atoms in total. The fraction of sp³-hybridized carbons (Fsp3) is 0.105. The van der Waals surface area contributed by atoms with Gasteiger partial charge in [-0.2, -0.15) is 9.78 Å². The molecular weight excluding hydrogens is 378 g/mol. The van der Waals surface area contributed by atoms with E-state index >= 15 is 0 Å². The number of anilines is 2. The lowest BCUT2D eigenvalue weighted by atomic mass is 9.92. The highest BCUT2D eigenvalue weighted by molar-refractivity contribution is 6.30. The van der Waals surface area contributed by atoms with Crippen molar-refractivity contribution in [1.29, 1.82) is 0 Å². The van der Waals surface area contributed by atoms with E-state index in [1.165, 1.54) is 0 Å². The molecule has 0 spiro atoms. The number of fused-ring (bicyclic) bond motifs is 2. The first kappa shape index (κ1) is 16.6. The molecule has 3 heterocycles. The van der Waals surface area contributed by atoms with Crippen LogP contribution in [0.3, 0.4) is 0 Å². The Balaban J connectivity index is 1.81. The number of H-pyrrole nitrogens is 1. The van der Waals surface area contributed by atoms with E-state index in [4.69, 9.17) is 11.6 Å². The number of aromatic amines is 1.